The fraction of sp³-hybridized carbons (Fsp3) is 0.0769. The first-order chi connectivity index (χ1) is 28.9. The Labute approximate surface area is 386 Å². The van der Waals surface area contributed by atoms with Crippen molar-refractivity contribution in [1.29, 1.82) is 0 Å². The highest BCUT2D eigenvalue weighted by Gasteiger charge is 2.32. The Kier molecular flexibility index (Phi) is 14.5. The van der Waals surface area contributed by atoms with Crippen molar-refractivity contribution in [2.45, 2.75) is 49.2 Å². The van der Waals surface area contributed by atoms with Crippen LogP contribution in [0.15, 0.2) is 139 Å². The van der Waals surface area contributed by atoms with Gasteiger partial charge in [0.05, 0.1) is 69.5 Å². The zero-order valence-corrected chi connectivity index (χ0v) is 37.9. The summed E-state index contributed by atoms with van der Waals surface area (Å²) in [5, 5.41) is 31.0. The van der Waals surface area contributed by atoms with Gasteiger partial charge in [0.2, 0.25) is 19.7 Å². The smallest absolute Gasteiger partial charge is 0.423 e. The maximum atomic E-state index is 12.6. The van der Waals surface area contributed by atoms with Gasteiger partial charge in [0.15, 0.2) is 0 Å². The van der Waals surface area contributed by atoms with Crippen molar-refractivity contribution in [3.05, 3.63) is 156 Å². The van der Waals surface area contributed by atoms with E-state index in [0.717, 1.165) is 31.9 Å². The lowest BCUT2D eigenvalue weighted by Gasteiger charge is -2.08. The van der Waals surface area contributed by atoms with Crippen molar-refractivity contribution in [2.24, 2.45) is 0 Å². The summed E-state index contributed by atoms with van der Waals surface area (Å²) >= 11 is 36.8. The SMILES string of the molecule is O=S(=O)(c1ccc(Cl)c(Cl)c1)c1ccc2c(c1)B(O)OC2.O=S(=O)(c1ccc(Cl)c(Cl)c1)c1ccc2c(c1)B(O)OC2.OB1OCc2ccc(Sc3ccc(Cl)c(Cl)c3)cc21. The number of benzene rings is 6. The average molecular weight is 997 g/mol. The molecule has 3 heterocycles. The molecule has 0 bridgehead atoms. The monoisotopic (exact) mass is 994 g/mol. The molecule has 61 heavy (non-hydrogen) atoms. The molecule has 0 saturated carbocycles. The lowest BCUT2D eigenvalue weighted by atomic mass is 9.80. The Bertz CT molecular complexity index is 2760. The van der Waals surface area contributed by atoms with E-state index in [1.165, 1.54) is 60.7 Å². The third kappa shape index (κ3) is 10.3. The highest BCUT2D eigenvalue weighted by atomic mass is 35.5. The van der Waals surface area contributed by atoms with Crippen molar-refractivity contribution in [3.63, 3.8) is 0 Å². The maximum Gasteiger partial charge on any atom is 0.491 e. The van der Waals surface area contributed by atoms with Gasteiger partial charge in [0.25, 0.3) is 0 Å². The van der Waals surface area contributed by atoms with Gasteiger partial charge < -0.3 is 29.0 Å². The summed E-state index contributed by atoms with van der Waals surface area (Å²) < 4.78 is 65.6. The van der Waals surface area contributed by atoms with Crippen LogP contribution in [-0.4, -0.2) is 53.3 Å². The van der Waals surface area contributed by atoms with Gasteiger partial charge in [0, 0.05) is 9.79 Å². The molecule has 0 atom stereocenters. The average Bonchev–Trinajstić information content (AvgIpc) is 3.93. The molecular weight excluding hydrogens is 970 g/mol. The van der Waals surface area contributed by atoms with Crippen LogP contribution in [0.2, 0.25) is 30.1 Å². The molecule has 0 saturated heterocycles. The second kappa shape index (κ2) is 19.2. The van der Waals surface area contributed by atoms with E-state index in [1.807, 2.05) is 30.3 Å². The molecule has 0 aromatic heterocycles. The summed E-state index contributed by atoms with van der Waals surface area (Å²) in [7, 11) is -10.5. The molecular formula is C39H27B3Cl6O10S3. The van der Waals surface area contributed by atoms with Crippen molar-refractivity contribution in [2.75, 3.05) is 0 Å². The highest BCUT2D eigenvalue weighted by molar-refractivity contribution is 7.99. The summed E-state index contributed by atoms with van der Waals surface area (Å²) in [5.74, 6) is 0. The minimum atomic E-state index is -3.73. The Hall–Kier alpha value is -2.74. The topological polar surface area (TPSA) is 157 Å². The van der Waals surface area contributed by atoms with Crippen LogP contribution in [0.4, 0.5) is 0 Å². The minimum Gasteiger partial charge on any atom is -0.423 e. The molecule has 312 valence electrons. The van der Waals surface area contributed by atoms with Crippen LogP contribution in [0.3, 0.4) is 0 Å². The van der Waals surface area contributed by atoms with Gasteiger partial charge in [-0.25, -0.2) is 16.8 Å². The molecule has 0 aliphatic carbocycles. The molecule has 0 radical (unpaired) electrons. The zero-order chi connectivity index (χ0) is 43.8. The molecule has 10 nitrogen and oxygen atoms in total. The molecule has 0 spiro atoms. The van der Waals surface area contributed by atoms with E-state index in [9.17, 15) is 31.9 Å². The minimum absolute atomic E-state index is 0.0465. The Morgan fingerprint density at radius 2 is 0.721 bits per heavy atom. The quantitative estimate of drug-likeness (QED) is 0.143. The molecule has 22 heteroatoms. The first-order valence-corrected chi connectivity index (χ1v) is 23.8. The van der Waals surface area contributed by atoms with E-state index < -0.39 is 41.0 Å². The van der Waals surface area contributed by atoms with Crippen LogP contribution in [0.25, 0.3) is 0 Å². The van der Waals surface area contributed by atoms with Crippen LogP contribution >= 0.6 is 81.4 Å². The lowest BCUT2D eigenvalue weighted by molar-refractivity contribution is 0.275. The number of hydrogen-bond donors (Lipinski definition) is 3. The van der Waals surface area contributed by atoms with E-state index in [2.05, 4.69) is 0 Å². The van der Waals surface area contributed by atoms with E-state index in [1.54, 1.807) is 30.0 Å². The molecule has 9 rings (SSSR count). The van der Waals surface area contributed by atoms with E-state index >= 15 is 0 Å². The van der Waals surface area contributed by atoms with Gasteiger partial charge in [-0.05, 0) is 124 Å². The summed E-state index contributed by atoms with van der Waals surface area (Å²) in [6, 6.07) is 28.8. The third-order valence-electron chi connectivity index (χ3n) is 9.49. The fourth-order valence-corrected chi connectivity index (χ4v) is 10.9. The summed E-state index contributed by atoms with van der Waals surface area (Å²) in [6.07, 6.45) is 0. The van der Waals surface area contributed by atoms with E-state index in [4.69, 9.17) is 83.6 Å². The first kappa shape index (κ1) is 46.3. The lowest BCUT2D eigenvalue weighted by Crippen LogP contribution is -2.28. The fourth-order valence-electron chi connectivity index (χ4n) is 6.21. The van der Waals surface area contributed by atoms with Gasteiger partial charge in [0.1, 0.15) is 0 Å². The molecule has 6 aromatic rings. The molecule has 0 unspecified atom stereocenters. The van der Waals surface area contributed by atoms with E-state index in [0.29, 0.717) is 27.6 Å². The van der Waals surface area contributed by atoms with Crippen molar-refractivity contribution in [1.82, 2.24) is 0 Å². The van der Waals surface area contributed by atoms with Gasteiger partial charge in [-0.15, -0.1) is 0 Å². The van der Waals surface area contributed by atoms with Gasteiger partial charge in [-0.3, -0.25) is 0 Å². The van der Waals surface area contributed by atoms with Crippen LogP contribution in [-0.2, 0) is 53.5 Å². The predicted octanol–water partition coefficient (Wildman–Crippen LogP) is 7.45. The number of hydrogen-bond acceptors (Lipinski definition) is 11. The summed E-state index contributed by atoms with van der Waals surface area (Å²) in [5.41, 5.74) is 4.36. The van der Waals surface area contributed by atoms with Crippen LogP contribution < -0.4 is 16.4 Å². The standard InChI is InChI=1S/2C13H9BCl2O4S.C13H9BCl2O2S/c2*15-12-4-3-10(6-13(12)16)21(18,19)9-2-1-8-7-20-14(17)11(8)5-9;15-12-4-3-10(6-13(12)16)19-9-2-1-8-7-18-14(17)11(8)5-9/h2*1-6,17H,7H2;1-6,17H,7H2. The zero-order valence-electron chi connectivity index (χ0n) is 30.9. The van der Waals surface area contributed by atoms with Gasteiger partial charge in [-0.2, -0.15) is 0 Å². The molecule has 0 fully saturated rings. The maximum absolute atomic E-state index is 12.6. The Morgan fingerprint density at radius 3 is 1.13 bits per heavy atom. The van der Waals surface area contributed by atoms with Gasteiger partial charge in [-0.1, -0.05) is 99.6 Å². The number of halogens is 6. The molecule has 3 aliphatic heterocycles. The molecule has 3 N–H and O–H groups in total. The van der Waals surface area contributed by atoms with Crippen LogP contribution in [0.5, 0.6) is 0 Å². The number of fused-ring (bicyclic) bond motifs is 3. The van der Waals surface area contributed by atoms with Crippen LogP contribution in [0.1, 0.15) is 16.7 Å². The normalized spacial score (nSPS) is 14.1. The molecule has 6 aromatic carbocycles. The van der Waals surface area contributed by atoms with E-state index in [-0.39, 0.29) is 52.9 Å². The summed E-state index contributed by atoms with van der Waals surface area (Å²) in [4.78, 5) is 2.27. The largest absolute Gasteiger partial charge is 0.491 e. The summed E-state index contributed by atoms with van der Waals surface area (Å²) in [6.45, 7) is 1.00. The molecule has 0 amide bonds. The first-order valence-electron chi connectivity index (χ1n) is 17.7. The second-order valence-corrected chi connectivity index (χ2v) is 20.9. The number of rotatable bonds is 6. The third-order valence-corrected chi connectivity index (χ3v) is 16.2. The van der Waals surface area contributed by atoms with Crippen molar-refractivity contribution in [3.8, 4) is 0 Å². The Balaban J connectivity index is 0.000000138. The van der Waals surface area contributed by atoms with Crippen LogP contribution in [0, 0.1) is 0 Å². The van der Waals surface area contributed by atoms with Crippen molar-refractivity contribution >= 4 is 139 Å². The highest BCUT2D eigenvalue weighted by Crippen LogP contribution is 2.34. The predicted molar refractivity (Wildman–Crippen MR) is 241 cm³/mol. The molecule has 3 aliphatic rings. The Morgan fingerprint density at radius 1 is 0.410 bits per heavy atom. The second-order valence-electron chi connectivity index (χ2n) is 13.4. The number of sulfone groups is 2. The van der Waals surface area contributed by atoms with Gasteiger partial charge >= 0.3 is 21.4 Å². The van der Waals surface area contributed by atoms with Crippen molar-refractivity contribution < 1.29 is 45.9 Å².